The lowest BCUT2D eigenvalue weighted by molar-refractivity contribution is 0.601. The van der Waals surface area contributed by atoms with E-state index in [0.29, 0.717) is 5.02 Å². The van der Waals surface area contributed by atoms with Gasteiger partial charge in [0.15, 0.2) is 9.84 Å². The van der Waals surface area contributed by atoms with E-state index in [1.807, 2.05) is 18.2 Å². The van der Waals surface area contributed by atoms with Crippen molar-refractivity contribution in [3.05, 3.63) is 64.7 Å². The second kappa shape index (κ2) is 5.93. The number of rotatable bonds is 4. The van der Waals surface area contributed by atoms with Crippen LogP contribution in [0.5, 0.6) is 0 Å². The Balaban J connectivity index is 2.38. The maximum absolute atomic E-state index is 11.4. The predicted octanol–water partition coefficient (Wildman–Crippen LogP) is 2.30. The molecule has 2 aromatic rings. The first-order valence-corrected chi connectivity index (χ1v) is 8.20. The van der Waals surface area contributed by atoms with Crippen molar-refractivity contribution >= 4 is 21.4 Å². The SMILES string of the molecule is CS(=O)(=O)c1ccc(C(NN)c2cccc(Cl)c2)cc1. The van der Waals surface area contributed by atoms with Crippen molar-refractivity contribution in [1.29, 1.82) is 0 Å². The number of sulfone groups is 1. The average molecular weight is 311 g/mol. The van der Waals surface area contributed by atoms with E-state index in [0.717, 1.165) is 11.1 Å². The van der Waals surface area contributed by atoms with E-state index in [2.05, 4.69) is 5.43 Å². The maximum atomic E-state index is 11.4. The minimum absolute atomic E-state index is 0.248. The molecule has 0 bridgehead atoms. The van der Waals surface area contributed by atoms with Crippen molar-refractivity contribution in [3.8, 4) is 0 Å². The highest BCUT2D eigenvalue weighted by Gasteiger charge is 2.14. The van der Waals surface area contributed by atoms with Crippen molar-refractivity contribution in [1.82, 2.24) is 5.43 Å². The topological polar surface area (TPSA) is 72.2 Å². The zero-order chi connectivity index (χ0) is 14.8. The molecule has 0 aliphatic heterocycles. The second-order valence-corrected chi connectivity index (χ2v) is 6.95. The van der Waals surface area contributed by atoms with E-state index >= 15 is 0 Å². The Morgan fingerprint density at radius 2 is 1.75 bits per heavy atom. The van der Waals surface area contributed by atoms with Gasteiger partial charge in [-0.05, 0) is 35.4 Å². The Bertz CT molecular complexity index is 699. The third-order valence-electron chi connectivity index (χ3n) is 2.99. The van der Waals surface area contributed by atoms with E-state index in [1.54, 1.807) is 30.3 Å². The maximum Gasteiger partial charge on any atom is 0.175 e. The Hall–Kier alpha value is -1.40. The summed E-state index contributed by atoms with van der Waals surface area (Å²) >= 11 is 5.97. The molecule has 106 valence electrons. The van der Waals surface area contributed by atoms with Crippen LogP contribution in [0.3, 0.4) is 0 Å². The molecule has 0 aromatic heterocycles. The van der Waals surface area contributed by atoms with Gasteiger partial charge >= 0.3 is 0 Å². The van der Waals surface area contributed by atoms with E-state index in [4.69, 9.17) is 17.4 Å². The number of hydrazine groups is 1. The van der Waals surface area contributed by atoms with Crippen molar-refractivity contribution in [2.24, 2.45) is 5.84 Å². The first kappa shape index (κ1) is 15.0. The van der Waals surface area contributed by atoms with Gasteiger partial charge in [-0.1, -0.05) is 35.9 Å². The summed E-state index contributed by atoms with van der Waals surface area (Å²) in [6.45, 7) is 0. The summed E-state index contributed by atoms with van der Waals surface area (Å²) in [5.74, 6) is 5.60. The Morgan fingerprint density at radius 3 is 2.25 bits per heavy atom. The number of hydrogen-bond acceptors (Lipinski definition) is 4. The summed E-state index contributed by atoms with van der Waals surface area (Å²) in [6, 6.07) is 13.7. The molecular weight excluding hydrogens is 296 g/mol. The van der Waals surface area contributed by atoms with Gasteiger partial charge in [-0.25, -0.2) is 13.8 Å². The molecule has 4 nitrogen and oxygen atoms in total. The average Bonchev–Trinajstić information content (AvgIpc) is 2.39. The molecule has 6 heteroatoms. The molecule has 0 saturated heterocycles. The quantitative estimate of drug-likeness (QED) is 0.671. The summed E-state index contributed by atoms with van der Waals surface area (Å²) < 4.78 is 22.9. The summed E-state index contributed by atoms with van der Waals surface area (Å²) in [6.07, 6.45) is 1.18. The van der Waals surface area contributed by atoms with Crippen molar-refractivity contribution < 1.29 is 8.42 Å². The third-order valence-corrected chi connectivity index (χ3v) is 4.35. The highest BCUT2D eigenvalue weighted by Crippen LogP contribution is 2.24. The molecule has 20 heavy (non-hydrogen) atoms. The van der Waals surface area contributed by atoms with Gasteiger partial charge in [0.05, 0.1) is 10.9 Å². The van der Waals surface area contributed by atoms with Crippen LogP contribution in [0.2, 0.25) is 5.02 Å². The molecule has 2 rings (SSSR count). The van der Waals surface area contributed by atoms with Crippen molar-refractivity contribution in [2.45, 2.75) is 10.9 Å². The van der Waals surface area contributed by atoms with E-state index < -0.39 is 9.84 Å². The van der Waals surface area contributed by atoms with Gasteiger partial charge in [0.1, 0.15) is 0 Å². The van der Waals surface area contributed by atoms with Gasteiger partial charge in [-0.2, -0.15) is 0 Å². The molecule has 0 heterocycles. The Labute approximate surface area is 123 Å². The Morgan fingerprint density at radius 1 is 1.10 bits per heavy atom. The van der Waals surface area contributed by atoms with Crippen LogP contribution >= 0.6 is 11.6 Å². The van der Waals surface area contributed by atoms with Gasteiger partial charge in [-0.3, -0.25) is 5.84 Å². The van der Waals surface area contributed by atoms with Crippen LogP contribution in [0.25, 0.3) is 0 Å². The molecule has 0 aliphatic rings. The van der Waals surface area contributed by atoms with Gasteiger partial charge in [-0.15, -0.1) is 0 Å². The third kappa shape index (κ3) is 3.37. The standard InChI is InChI=1S/C14H15ClN2O2S/c1-20(18,19)13-7-5-10(6-8-13)14(17-16)11-3-2-4-12(15)9-11/h2-9,14,17H,16H2,1H3. The van der Waals surface area contributed by atoms with E-state index in [1.165, 1.54) is 6.26 Å². The summed E-state index contributed by atoms with van der Waals surface area (Å²) in [5, 5.41) is 0.621. The Kier molecular flexibility index (Phi) is 4.45. The van der Waals surface area contributed by atoms with E-state index in [9.17, 15) is 8.42 Å². The van der Waals surface area contributed by atoms with Crippen LogP contribution in [0, 0.1) is 0 Å². The molecule has 0 aliphatic carbocycles. The van der Waals surface area contributed by atoms with Crippen LogP contribution in [-0.2, 0) is 9.84 Å². The number of halogens is 1. The molecule has 1 atom stereocenters. The summed E-state index contributed by atoms with van der Waals surface area (Å²) in [5.41, 5.74) is 4.48. The lowest BCUT2D eigenvalue weighted by Crippen LogP contribution is -2.28. The molecule has 0 fully saturated rings. The minimum atomic E-state index is -3.20. The molecular formula is C14H15ClN2O2S. The molecule has 3 N–H and O–H groups in total. The lowest BCUT2D eigenvalue weighted by atomic mass is 9.99. The molecule has 0 radical (unpaired) electrons. The zero-order valence-corrected chi connectivity index (χ0v) is 12.4. The largest absolute Gasteiger partial charge is 0.271 e. The van der Waals surface area contributed by atoms with Crippen LogP contribution in [0.15, 0.2) is 53.4 Å². The van der Waals surface area contributed by atoms with Crippen LogP contribution in [-0.4, -0.2) is 14.7 Å². The highest BCUT2D eigenvalue weighted by atomic mass is 35.5. The fourth-order valence-corrected chi connectivity index (χ4v) is 2.81. The van der Waals surface area contributed by atoms with Crippen molar-refractivity contribution in [3.63, 3.8) is 0 Å². The van der Waals surface area contributed by atoms with Crippen molar-refractivity contribution in [2.75, 3.05) is 6.26 Å². The fraction of sp³-hybridized carbons (Fsp3) is 0.143. The highest BCUT2D eigenvalue weighted by molar-refractivity contribution is 7.90. The molecule has 1 unspecified atom stereocenters. The zero-order valence-electron chi connectivity index (χ0n) is 10.9. The predicted molar refractivity (Wildman–Crippen MR) is 80.2 cm³/mol. The first-order valence-electron chi connectivity index (χ1n) is 5.93. The van der Waals surface area contributed by atoms with Gasteiger partial charge in [0.2, 0.25) is 0 Å². The minimum Gasteiger partial charge on any atom is -0.271 e. The molecule has 0 amide bonds. The van der Waals surface area contributed by atoms with Gasteiger partial charge < -0.3 is 0 Å². The smallest absolute Gasteiger partial charge is 0.175 e. The van der Waals surface area contributed by atoms with Gasteiger partial charge in [0, 0.05) is 11.3 Å². The van der Waals surface area contributed by atoms with Crippen LogP contribution in [0.4, 0.5) is 0 Å². The number of nitrogens with one attached hydrogen (secondary N) is 1. The molecule has 0 spiro atoms. The number of hydrogen-bond donors (Lipinski definition) is 2. The number of benzene rings is 2. The van der Waals surface area contributed by atoms with Crippen LogP contribution in [0.1, 0.15) is 17.2 Å². The van der Waals surface area contributed by atoms with Crippen LogP contribution < -0.4 is 11.3 Å². The second-order valence-electron chi connectivity index (χ2n) is 4.50. The van der Waals surface area contributed by atoms with Gasteiger partial charge in [0.25, 0.3) is 0 Å². The fourth-order valence-electron chi connectivity index (χ4n) is 1.98. The molecule has 2 aromatic carbocycles. The first-order chi connectivity index (χ1) is 9.41. The normalized spacial score (nSPS) is 13.2. The summed E-state index contributed by atoms with van der Waals surface area (Å²) in [4.78, 5) is 0.281. The number of nitrogens with two attached hydrogens (primary N) is 1. The monoisotopic (exact) mass is 310 g/mol. The molecule has 0 saturated carbocycles. The van der Waals surface area contributed by atoms with E-state index in [-0.39, 0.29) is 10.9 Å². The lowest BCUT2D eigenvalue weighted by Gasteiger charge is -2.17. The summed E-state index contributed by atoms with van der Waals surface area (Å²) in [7, 11) is -3.20.